The highest BCUT2D eigenvalue weighted by molar-refractivity contribution is 5.72. The lowest BCUT2D eigenvalue weighted by Crippen LogP contribution is -2.55. The Balaban J connectivity index is 1.43. The van der Waals surface area contributed by atoms with E-state index in [1.54, 1.807) is 6.07 Å². The molecule has 1 aromatic heterocycles. The summed E-state index contributed by atoms with van der Waals surface area (Å²) in [4.78, 5) is 4.12. The predicted molar refractivity (Wildman–Crippen MR) is 110 cm³/mol. The average molecular weight is 384 g/mol. The van der Waals surface area contributed by atoms with Crippen molar-refractivity contribution in [3.05, 3.63) is 35.9 Å². The van der Waals surface area contributed by atoms with Crippen LogP contribution in [0.2, 0.25) is 0 Å². The second-order valence-corrected chi connectivity index (χ2v) is 11.1. The number of pyridine rings is 1. The minimum absolute atomic E-state index is 0.153. The quantitative estimate of drug-likeness (QED) is 0.644. The van der Waals surface area contributed by atoms with Gasteiger partial charge in [0.1, 0.15) is 5.82 Å². The van der Waals surface area contributed by atoms with Crippen LogP contribution in [0.15, 0.2) is 24.5 Å². The fourth-order valence-corrected chi connectivity index (χ4v) is 8.01. The summed E-state index contributed by atoms with van der Waals surface area (Å²) in [6.07, 6.45) is 14.8. The molecule has 3 fully saturated rings. The van der Waals surface area contributed by atoms with Gasteiger partial charge in [0.05, 0.1) is 11.8 Å². The van der Waals surface area contributed by atoms with Crippen molar-refractivity contribution in [3.63, 3.8) is 0 Å². The van der Waals surface area contributed by atoms with Crippen molar-refractivity contribution in [1.82, 2.24) is 4.98 Å². The average Bonchev–Trinajstić information content (AvgIpc) is 2.99. The molecule has 1 aromatic rings. The van der Waals surface area contributed by atoms with Gasteiger partial charge in [0.15, 0.2) is 0 Å². The molecular formula is C25H34FNO. The first-order valence-corrected chi connectivity index (χ1v) is 11.3. The van der Waals surface area contributed by atoms with Crippen LogP contribution in [-0.4, -0.2) is 15.7 Å². The summed E-state index contributed by atoms with van der Waals surface area (Å²) >= 11 is 0. The molecule has 0 saturated heterocycles. The molecule has 0 radical (unpaired) electrons. The molecule has 0 aromatic carbocycles. The van der Waals surface area contributed by atoms with E-state index in [-0.39, 0.29) is 11.2 Å². The van der Waals surface area contributed by atoms with E-state index in [2.05, 4.69) is 24.9 Å². The Hall–Kier alpha value is -1.22. The van der Waals surface area contributed by atoms with Crippen LogP contribution in [0.3, 0.4) is 0 Å². The van der Waals surface area contributed by atoms with Crippen LogP contribution in [0.5, 0.6) is 0 Å². The number of nitrogens with zero attached hydrogens (tertiary/aromatic N) is 1. The number of fused-ring (bicyclic) bond motifs is 5. The van der Waals surface area contributed by atoms with E-state index in [1.165, 1.54) is 43.9 Å². The third-order valence-electron chi connectivity index (χ3n) is 9.55. The maximum absolute atomic E-state index is 13.8. The molecule has 5 rings (SSSR count). The van der Waals surface area contributed by atoms with Crippen LogP contribution in [0.4, 0.5) is 4.39 Å². The molecule has 1 heterocycles. The molecule has 3 saturated carbocycles. The lowest BCUT2D eigenvalue weighted by Gasteiger charge is -2.61. The van der Waals surface area contributed by atoms with Gasteiger partial charge in [-0.25, -0.2) is 4.39 Å². The Bertz CT molecular complexity index is 817. The number of aromatic nitrogens is 1. The first-order chi connectivity index (χ1) is 13.2. The van der Waals surface area contributed by atoms with Crippen molar-refractivity contribution >= 4 is 5.57 Å². The maximum atomic E-state index is 13.8. The van der Waals surface area contributed by atoms with Crippen molar-refractivity contribution in [2.75, 3.05) is 0 Å². The molecule has 2 nitrogen and oxygen atoms in total. The highest BCUT2D eigenvalue weighted by Gasteiger charge is 2.59. The van der Waals surface area contributed by atoms with Crippen molar-refractivity contribution < 1.29 is 9.50 Å². The van der Waals surface area contributed by atoms with E-state index < -0.39 is 5.60 Å². The number of hydrogen-bond donors (Lipinski definition) is 1. The van der Waals surface area contributed by atoms with Crippen LogP contribution in [-0.2, 0) is 0 Å². The Morgan fingerprint density at radius 1 is 1.04 bits per heavy atom. The molecule has 3 heteroatoms. The van der Waals surface area contributed by atoms with Crippen LogP contribution in [0, 0.1) is 40.3 Å². The topological polar surface area (TPSA) is 33.1 Å². The predicted octanol–water partition coefficient (Wildman–Crippen LogP) is 6.01. The fraction of sp³-hybridized carbons (Fsp3) is 0.720. The van der Waals surface area contributed by atoms with Crippen LogP contribution in [0.25, 0.3) is 5.57 Å². The second kappa shape index (κ2) is 6.14. The minimum atomic E-state index is -0.466. The Morgan fingerprint density at radius 2 is 1.86 bits per heavy atom. The van der Waals surface area contributed by atoms with E-state index in [9.17, 15) is 9.50 Å². The molecule has 0 aliphatic heterocycles. The van der Waals surface area contributed by atoms with E-state index in [4.69, 9.17) is 0 Å². The molecule has 4 aliphatic rings. The van der Waals surface area contributed by atoms with Gasteiger partial charge >= 0.3 is 0 Å². The zero-order valence-corrected chi connectivity index (χ0v) is 17.5. The summed E-state index contributed by atoms with van der Waals surface area (Å²) in [5, 5.41) is 10.7. The number of allylic oxidation sites excluding steroid dienone is 2. The lowest BCUT2D eigenvalue weighted by atomic mass is 9.44. The van der Waals surface area contributed by atoms with Crippen molar-refractivity contribution in [2.24, 2.45) is 34.5 Å². The zero-order chi connectivity index (χ0) is 19.7. The van der Waals surface area contributed by atoms with E-state index in [0.29, 0.717) is 17.3 Å². The van der Waals surface area contributed by atoms with Gasteiger partial charge in [-0.1, -0.05) is 19.9 Å². The molecule has 0 amide bonds. The summed E-state index contributed by atoms with van der Waals surface area (Å²) in [5.41, 5.74) is 2.39. The summed E-state index contributed by atoms with van der Waals surface area (Å²) in [6.45, 7) is 7.00. The fourth-order valence-electron chi connectivity index (χ4n) is 8.01. The molecule has 4 aliphatic carbocycles. The SMILES string of the molecule is C[C@]1(O)CC[C@@]2(C)C(CC[C@@H]3[C@@H]2CC[C@]2(C)C(c4cncc(F)c4)=CC[C@@H]32)C1. The summed E-state index contributed by atoms with van der Waals surface area (Å²) in [7, 11) is 0. The zero-order valence-electron chi connectivity index (χ0n) is 17.5. The first kappa shape index (κ1) is 18.8. The highest BCUT2D eigenvalue weighted by Crippen LogP contribution is 2.67. The van der Waals surface area contributed by atoms with Crippen molar-refractivity contribution in [1.29, 1.82) is 0 Å². The van der Waals surface area contributed by atoms with Gasteiger partial charge in [0.25, 0.3) is 0 Å². The smallest absolute Gasteiger partial charge is 0.142 e. The van der Waals surface area contributed by atoms with Crippen molar-refractivity contribution in [2.45, 2.75) is 77.7 Å². The summed E-state index contributed by atoms with van der Waals surface area (Å²) in [5.74, 6) is 2.64. The van der Waals surface area contributed by atoms with Crippen molar-refractivity contribution in [3.8, 4) is 0 Å². The molecule has 0 spiro atoms. The standard InChI is InChI=1S/C25H34FNO/c1-23(28)10-11-24(2)17(13-23)4-5-19-21-7-6-20(16-12-18(26)15-27-14-16)25(21,3)9-8-22(19)24/h6,12,14-15,17,19,21-22,28H,4-5,7-11,13H2,1-3H3/t17?,19-,21-,22-,23-,24-,25+/m0/s1. The van der Waals surface area contributed by atoms with E-state index in [0.717, 1.165) is 36.7 Å². The van der Waals surface area contributed by atoms with Gasteiger partial charge in [0, 0.05) is 6.20 Å². The normalized spacial score (nSPS) is 47.7. The molecular weight excluding hydrogens is 349 g/mol. The van der Waals surface area contributed by atoms with Gasteiger partial charge in [-0.2, -0.15) is 0 Å². The van der Waals surface area contributed by atoms with Crippen LogP contribution < -0.4 is 0 Å². The number of halogens is 1. The molecule has 152 valence electrons. The third kappa shape index (κ3) is 2.65. The van der Waals surface area contributed by atoms with Gasteiger partial charge in [0.2, 0.25) is 0 Å². The van der Waals surface area contributed by atoms with E-state index in [1.807, 2.05) is 13.1 Å². The van der Waals surface area contributed by atoms with Gasteiger partial charge in [-0.15, -0.1) is 0 Å². The monoisotopic (exact) mass is 383 g/mol. The Morgan fingerprint density at radius 3 is 2.64 bits per heavy atom. The molecule has 1 unspecified atom stereocenters. The number of hydrogen-bond acceptors (Lipinski definition) is 2. The van der Waals surface area contributed by atoms with Crippen LogP contribution >= 0.6 is 0 Å². The molecule has 28 heavy (non-hydrogen) atoms. The summed E-state index contributed by atoms with van der Waals surface area (Å²) in [6, 6.07) is 1.67. The highest BCUT2D eigenvalue weighted by atomic mass is 19.1. The largest absolute Gasteiger partial charge is 0.390 e. The molecule has 1 N–H and O–H groups in total. The number of aliphatic hydroxyl groups is 1. The second-order valence-electron chi connectivity index (χ2n) is 11.1. The maximum Gasteiger partial charge on any atom is 0.142 e. The minimum Gasteiger partial charge on any atom is -0.390 e. The first-order valence-electron chi connectivity index (χ1n) is 11.3. The third-order valence-corrected chi connectivity index (χ3v) is 9.55. The Kier molecular flexibility index (Phi) is 4.12. The number of rotatable bonds is 1. The van der Waals surface area contributed by atoms with Gasteiger partial charge in [-0.05, 0) is 110 Å². The van der Waals surface area contributed by atoms with Gasteiger partial charge in [-0.3, -0.25) is 4.98 Å². The summed E-state index contributed by atoms with van der Waals surface area (Å²) < 4.78 is 13.8. The Labute approximate surface area is 168 Å². The lowest BCUT2D eigenvalue weighted by molar-refractivity contribution is -0.138. The molecule has 7 atom stereocenters. The van der Waals surface area contributed by atoms with Crippen LogP contribution in [0.1, 0.15) is 77.7 Å². The van der Waals surface area contributed by atoms with Gasteiger partial charge < -0.3 is 5.11 Å². The van der Waals surface area contributed by atoms with E-state index >= 15 is 0 Å². The molecule has 0 bridgehead atoms.